The van der Waals surface area contributed by atoms with E-state index in [4.69, 9.17) is 10.5 Å². The summed E-state index contributed by atoms with van der Waals surface area (Å²) >= 11 is 1.46. The molecule has 2 N–H and O–H groups in total. The first kappa shape index (κ1) is 22.8. The van der Waals surface area contributed by atoms with Crippen LogP contribution in [-0.4, -0.2) is 23.3 Å². The van der Waals surface area contributed by atoms with E-state index < -0.39 is 0 Å². The summed E-state index contributed by atoms with van der Waals surface area (Å²) in [5, 5.41) is 2.10. The summed E-state index contributed by atoms with van der Waals surface area (Å²) in [5.41, 5.74) is 9.50. The Kier molecular flexibility index (Phi) is 6.96. The molecule has 168 valence electrons. The zero-order chi connectivity index (χ0) is 23.4. The molecule has 0 aliphatic heterocycles. The molecule has 4 aromatic rings. The van der Waals surface area contributed by atoms with Crippen molar-refractivity contribution in [1.82, 2.24) is 4.98 Å². The topological polar surface area (TPSA) is 82.3 Å². The van der Waals surface area contributed by atoms with Crippen molar-refractivity contribution in [2.75, 3.05) is 6.54 Å². The van der Waals surface area contributed by atoms with Crippen molar-refractivity contribution in [3.8, 4) is 0 Å². The van der Waals surface area contributed by atoms with Crippen LogP contribution in [0.15, 0.2) is 67.0 Å². The van der Waals surface area contributed by atoms with Gasteiger partial charge in [0.1, 0.15) is 12.4 Å². The number of ketones is 1. The van der Waals surface area contributed by atoms with Gasteiger partial charge in [0.25, 0.3) is 0 Å². The normalized spacial score (nSPS) is 12.0. The zero-order valence-corrected chi connectivity index (χ0v) is 19.5. The smallest absolute Gasteiger partial charge is 0.338 e. The van der Waals surface area contributed by atoms with Gasteiger partial charge in [-0.15, -0.1) is 11.3 Å². The highest BCUT2D eigenvalue weighted by molar-refractivity contribution is 7.12. The second kappa shape index (κ2) is 10.1. The number of hydrogen-bond acceptors (Lipinski definition) is 6. The molecular weight excluding hydrogens is 432 g/mol. The Morgan fingerprint density at radius 2 is 1.88 bits per heavy atom. The number of rotatable bonds is 8. The van der Waals surface area contributed by atoms with Crippen molar-refractivity contribution in [3.05, 3.63) is 99.0 Å². The molecule has 33 heavy (non-hydrogen) atoms. The summed E-state index contributed by atoms with van der Waals surface area (Å²) in [4.78, 5) is 31.4. The molecule has 0 spiro atoms. The molecule has 0 saturated carbocycles. The van der Waals surface area contributed by atoms with Crippen LogP contribution in [0.1, 0.15) is 42.7 Å². The van der Waals surface area contributed by atoms with Crippen LogP contribution < -0.4 is 5.73 Å². The SMILES string of the molecule is Cc1ccc(C(=O)OCc2ccc(C(CN)C(=O)Cc3ccc4cnccc4c3)s2)c(C)c1. The highest BCUT2D eigenvalue weighted by atomic mass is 32.1. The number of thiophene rings is 1. The summed E-state index contributed by atoms with van der Waals surface area (Å²) in [6.07, 6.45) is 3.87. The lowest BCUT2D eigenvalue weighted by atomic mass is 9.95. The van der Waals surface area contributed by atoms with Gasteiger partial charge in [0, 0.05) is 40.5 Å². The van der Waals surface area contributed by atoms with Gasteiger partial charge in [0.15, 0.2) is 0 Å². The Morgan fingerprint density at radius 1 is 1.03 bits per heavy atom. The summed E-state index contributed by atoms with van der Waals surface area (Å²) in [6, 6.07) is 17.4. The van der Waals surface area contributed by atoms with Crippen molar-refractivity contribution >= 4 is 33.9 Å². The van der Waals surface area contributed by atoms with Crippen molar-refractivity contribution < 1.29 is 14.3 Å². The lowest BCUT2D eigenvalue weighted by Gasteiger charge is -2.12. The van der Waals surface area contributed by atoms with Crippen LogP contribution in [0.2, 0.25) is 0 Å². The molecule has 0 fully saturated rings. The molecule has 0 radical (unpaired) electrons. The Labute approximate surface area is 197 Å². The fourth-order valence-corrected chi connectivity index (χ4v) is 4.95. The summed E-state index contributed by atoms with van der Waals surface area (Å²) in [7, 11) is 0. The van der Waals surface area contributed by atoms with E-state index in [1.165, 1.54) is 11.3 Å². The maximum Gasteiger partial charge on any atom is 0.338 e. The van der Waals surface area contributed by atoms with Crippen molar-refractivity contribution in [1.29, 1.82) is 0 Å². The Bertz CT molecular complexity index is 1310. The molecule has 2 aromatic heterocycles. The number of nitrogens with zero attached hydrogens (tertiary/aromatic N) is 1. The number of Topliss-reactive ketones (excluding diaryl/α,β-unsaturated/α-hetero) is 1. The first-order valence-electron chi connectivity index (χ1n) is 10.8. The molecule has 2 aromatic carbocycles. The lowest BCUT2D eigenvalue weighted by Crippen LogP contribution is -2.22. The average Bonchev–Trinajstić information content (AvgIpc) is 3.26. The number of hydrogen-bond donors (Lipinski definition) is 1. The minimum Gasteiger partial charge on any atom is -0.456 e. The van der Waals surface area contributed by atoms with E-state index in [2.05, 4.69) is 4.98 Å². The molecule has 2 heterocycles. The molecule has 5 nitrogen and oxygen atoms in total. The first-order valence-corrected chi connectivity index (χ1v) is 11.6. The van der Waals surface area contributed by atoms with Crippen molar-refractivity contribution in [2.24, 2.45) is 5.73 Å². The maximum atomic E-state index is 13.0. The highest BCUT2D eigenvalue weighted by Crippen LogP contribution is 2.28. The van der Waals surface area contributed by atoms with Gasteiger partial charge in [-0.05, 0) is 54.6 Å². The number of aryl methyl sites for hydroxylation is 2. The van der Waals surface area contributed by atoms with Crippen LogP contribution >= 0.6 is 11.3 Å². The number of pyridine rings is 1. The summed E-state index contributed by atoms with van der Waals surface area (Å²) in [5.74, 6) is -0.654. The standard InChI is InChI=1S/C27H26N2O3S/c1-17-3-7-23(18(2)11-17)27(31)32-16-22-6-8-26(33-22)24(14-28)25(30)13-19-4-5-21-15-29-10-9-20(21)12-19/h3-12,15,24H,13-14,16,28H2,1-2H3. The van der Waals surface area contributed by atoms with Crippen LogP contribution in [0.4, 0.5) is 0 Å². The van der Waals surface area contributed by atoms with E-state index in [1.807, 2.05) is 68.6 Å². The van der Waals surface area contributed by atoms with E-state index in [9.17, 15) is 9.59 Å². The Morgan fingerprint density at radius 3 is 2.67 bits per heavy atom. The number of nitrogens with two attached hydrogens (primary N) is 1. The molecule has 6 heteroatoms. The van der Waals surface area contributed by atoms with Crippen molar-refractivity contribution in [2.45, 2.75) is 32.8 Å². The summed E-state index contributed by atoms with van der Waals surface area (Å²) in [6.45, 7) is 4.29. The predicted molar refractivity (Wildman–Crippen MR) is 132 cm³/mol. The second-order valence-corrected chi connectivity index (χ2v) is 9.39. The molecule has 0 amide bonds. The fourth-order valence-electron chi connectivity index (χ4n) is 3.89. The second-order valence-electron chi connectivity index (χ2n) is 8.19. The summed E-state index contributed by atoms with van der Waals surface area (Å²) < 4.78 is 5.51. The van der Waals surface area contributed by atoms with Gasteiger partial charge in [-0.2, -0.15) is 0 Å². The van der Waals surface area contributed by atoms with E-state index in [-0.39, 0.29) is 30.8 Å². The molecule has 1 atom stereocenters. The number of ether oxygens (including phenoxy) is 1. The van der Waals surface area contributed by atoms with Crippen molar-refractivity contribution in [3.63, 3.8) is 0 Å². The first-order chi connectivity index (χ1) is 15.9. The Balaban J connectivity index is 1.41. The molecule has 0 saturated heterocycles. The predicted octanol–water partition coefficient (Wildman–Crippen LogP) is 5.12. The maximum absolute atomic E-state index is 13.0. The molecule has 4 rings (SSSR count). The van der Waals surface area contributed by atoms with Crippen LogP contribution in [0.25, 0.3) is 10.8 Å². The van der Waals surface area contributed by atoms with E-state index in [1.54, 1.807) is 12.3 Å². The third-order valence-electron chi connectivity index (χ3n) is 5.68. The largest absolute Gasteiger partial charge is 0.456 e. The third-order valence-corrected chi connectivity index (χ3v) is 6.85. The number of esters is 1. The van der Waals surface area contributed by atoms with E-state index >= 15 is 0 Å². The molecule has 0 bridgehead atoms. The quantitative estimate of drug-likeness (QED) is 0.370. The average molecular weight is 459 g/mol. The van der Waals surface area contributed by atoms with Crippen LogP contribution in [-0.2, 0) is 22.6 Å². The monoisotopic (exact) mass is 458 g/mol. The van der Waals surface area contributed by atoms with Crippen LogP contribution in [0.3, 0.4) is 0 Å². The third kappa shape index (κ3) is 5.35. The van der Waals surface area contributed by atoms with Gasteiger partial charge >= 0.3 is 5.97 Å². The highest BCUT2D eigenvalue weighted by Gasteiger charge is 2.22. The van der Waals surface area contributed by atoms with Crippen LogP contribution in [0, 0.1) is 13.8 Å². The lowest BCUT2D eigenvalue weighted by molar-refractivity contribution is -0.119. The number of carbonyl (C=O) groups excluding carboxylic acids is 2. The minimum atomic E-state index is -0.382. The Hall–Kier alpha value is -3.35. The molecule has 0 aliphatic rings. The number of aromatic nitrogens is 1. The number of benzene rings is 2. The molecular formula is C27H26N2O3S. The van der Waals surface area contributed by atoms with Gasteiger partial charge in [-0.25, -0.2) is 4.79 Å². The minimum absolute atomic E-state index is 0.0755. The number of carbonyl (C=O) groups is 2. The van der Waals surface area contributed by atoms with Crippen LogP contribution in [0.5, 0.6) is 0 Å². The fraction of sp³-hybridized carbons (Fsp3) is 0.222. The van der Waals surface area contributed by atoms with Gasteiger partial charge in [0.05, 0.1) is 11.5 Å². The number of fused-ring (bicyclic) bond motifs is 1. The van der Waals surface area contributed by atoms with Gasteiger partial charge in [-0.1, -0.05) is 35.9 Å². The zero-order valence-electron chi connectivity index (χ0n) is 18.7. The van der Waals surface area contributed by atoms with E-state index in [0.717, 1.165) is 37.2 Å². The molecule has 0 aliphatic carbocycles. The molecule has 1 unspecified atom stereocenters. The van der Waals surface area contributed by atoms with Gasteiger partial charge < -0.3 is 10.5 Å². The van der Waals surface area contributed by atoms with Gasteiger partial charge in [-0.3, -0.25) is 9.78 Å². The van der Waals surface area contributed by atoms with E-state index in [0.29, 0.717) is 12.0 Å². The van der Waals surface area contributed by atoms with Gasteiger partial charge in [0.2, 0.25) is 0 Å².